The zero-order valence-corrected chi connectivity index (χ0v) is 5.09. The first-order valence-electron chi connectivity index (χ1n) is 2.88. The largest absolute Gasteiger partial charge is 0.312 e. The van der Waals surface area contributed by atoms with Gasteiger partial charge in [0.2, 0.25) is 6.04 Å². The van der Waals surface area contributed by atoms with Crippen molar-refractivity contribution in [3.8, 4) is 0 Å². The van der Waals surface area contributed by atoms with Crippen LogP contribution in [0.2, 0.25) is 0 Å². The molecule has 0 bridgehead atoms. The summed E-state index contributed by atoms with van der Waals surface area (Å²) in [6.45, 7) is 8.77. The second-order valence-electron chi connectivity index (χ2n) is 2.33. The predicted octanol–water partition coefficient (Wildman–Crippen LogP) is 0.610. The topological polar surface area (TPSA) is 7.60 Å². The molecule has 1 aliphatic rings. The van der Waals surface area contributed by atoms with E-state index >= 15 is 0 Å². The molecule has 1 aliphatic heterocycles. The Morgan fingerprint density at radius 1 is 1.75 bits per heavy atom. The van der Waals surface area contributed by atoms with Crippen molar-refractivity contribution in [2.24, 2.45) is 0 Å². The maximum atomic E-state index is 6.69. The van der Waals surface area contributed by atoms with Gasteiger partial charge in [-0.3, -0.25) is 4.90 Å². The van der Waals surface area contributed by atoms with Crippen LogP contribution in [0, 0.1) is 6.57 Å². The Balaban J connectivity index is 2.35. The van der Waals surface area contributed by atoms with Gasteiger partial charge in [-0.05, 0) is 7.05 Å². The fourth-order valence-electron chi connectivity index (χ4n) is 1.02. The summed E-state index contributed by atoms with van der Waals surface area (Å²) in [5.74, 6) is 0. The molecule has 0 N–H and O–H groups in total. The summed E-state index contributed by atoms with van der Waals surface area (Å²) in [5.41, 5.74) is 0. The lowest BCUT2D eigenvalue weighted by molar-refractivity contribution is 0.416. The van der Waals surface area contributed by atoms with E-state index in [1.54, 1.807) is 0 Å². The van der Waals surface area contributed by atoms with Gasteiger partial charge in [-0.25, -0.2) is 6.57 Å². The van der Waals surface area contributed by atoms with Crippen molar-refractivity contribution in [3.63, 3.8) is 0 Å². The van der Waals surface area contributed by atoms with Gasteiger partial charge in [-0.15, -0.1) is 0 Å². The van der Waals surface area contributed by atoms with Gasteiger partial charge in [0.1, 0.15) is 0 Å². The molecule has 0 spiro atoms. The molecule has 2 nitrogen and oxygen atoms in total. The lowest BCUT2D eigenvalue weighted by Crippen LogP contribution is -2.14. The van der Waals surface area contributed by atoms with Gasteiger partial charge in [-0.2, -0.15) is 0 Å². The van der Waals surface area contributed by atoms with Gasteiger partial charge >= 0.3 is 0 Å². The van der Waals surface area contributed by atoms with Gasteiger partial charge in [0.15, 0.2) is 0 Å². The van der Waals surface area contributed by atoms with Crippen LogP contribution in [0.4, 0.5) is 0 Å². The van der Waals surface area contributed by atoms with Crippen molar-refractivity contribution in [3.05, 3.63) is 11.4 Å². The highest BCUT2D eigenvalue weighted by molar-refractivity contribution is 4.87. The first-order valence-corrected chi connectivity index (χ1v) is 2.88. The second-order valence-corrected chi connectivity index (χ2v) is 2.33. The van der Waals surface area contributed by atoms with Crippen LogP contribution in [0.5, 0.6) is 0 Å². The quantitative estimate of drug-likeness (QED) is 0.414. The van der Waals surface area contributed by atoms with Gasteiger partial charge in [0.25, 0.3) is 0 Å². The van der Waals surface area contributed by atoms with E-state index < -0.39 is 0 Å². The molecule has 0 aliphatic carbocycles. The third-order valence-electron chi connectivity index (χ3n) is 1.55. The van der Waals surface area contributed by atoms with Crippen molar-refractivity contribution in [1.82, 2.24) is 4.90 Å². The van der Waals surface area contributed by atoms with Gasteiger partial charge in [0.05, 0.1) is 6.54 Å². The monoisotopic (exact) mass is 110 g/mol. The number of hydrogen-bond acceptors (Lipinski definition) is 1. The SMILES string of the molecule is [C-]#[N+]C1CCN(C)C1. The van der Waals surface area contributed by atoms with Crippen LogP contribution >= 0.6 is 0 Å². The van der Waals surface area contributed by atoms with E-state index in [1.165, 1.54) is 0 Å². The molecule has 1 atom stereocenters. The number of likely N-dealkylation sites (N-methyl/N-ethyl adjacent to an activating group) is 1. The third-order valence-corrected chi connectivity index (χ3v) is 1.55. The van der Waals surface area contributed by atoms with Crippen LogP contribution in [0.15, 0.2) is 0 Å². The Morgan fingerprint density at radius 2 is 2.50 bits per heavy atom. The van der Waals surface area contributed by atoms with Crippen LogP contribution in [-0.4, -0.2) is 31.1 Å². The zero-order valence-electron chi connectivity index (χ0n) is 5.09. The fourth-order valence-corrected chi connectivity index (χ4v) is 1.02. The summed E-state index contributed by atoms with van der Waals surface area (Å²) in [4.78, 5) is 5.64. The third kappa shape index (κ3) is 0.988. The molecule has 0 radical (unpaired) electrons. The van der Waals surface area contributed by atoms with E-state index in [0.29, 0.717) is 6.04 Å². The lowest BCUT2D eigenvalue weighted by Gasteiger charge is -2.00. The Morgan fingerprint density at radius 3 is 2.75 bits per heavy atom. The van der Waals surface area contributed by atoms with E-state index in [4.69, 9.17) is 6.57 Å². The molecule has 8 heavy (non-hydrogen) atoms. The average Bonchev–Trinajstić information content (AvgIpc) is 2.14. The molecular weight excluding hydrogens is 100 g/mol. The number of rotatable bonds is 0. The molecule has 0 aromatic heterocycles. The van der Waals surface area contributed by atoms with E-state index in [1.807, 2.05) is 0 Å². The summed E-state index contributed by atoms with van der Waals surface area (Å²) in [6, 6.07) is 0.292. The number of hydrogen-bond donors (Lipinski definition) is 0. The smallest absolute Gasteiger partial charge is 0.237 e. The first-order chi connectivity index (χ1) is 3.83. The van der Waals surface area contributed by atoms with E-state index in [-0.39, 0.29) is 0 Å². The van der Waals surface area contributed by atoms with E-state index in [2.05, 4.69) is 16.8 Å². The summed E-state index contributed by atoms with van der Waals surface area (Å²) in [7, 11) is 2.06. The Bertz CT molecular complexity index is 114. The van der Waals surface area contributed by atoms with Gasteiger partial charge < -0.3 is 4.85 Å². The van der Waals surface area contributed by atoms with Crippen LogP contribution in [0.3, 0.4) is 0 Å². The Kier molecular flexibility index (Phi) is 1.50. The summed E-state index contributed by atoms with van der Waals surface area (Å²) >= 11 is 0. The highest BCUT2D eigenvalue weighted by Gasteiger charge is 2.22. The maximum Gasteiger partial charge on any atom is 0.237 e. The van der Waals surface area contributed by atoms with Crippen molar-refractivity contribution in [1.29, 1.82) is 0 Å². The molecule has 1 rings (SSSR count). The molecule has 1 heterocycles. The zero-order chi connectivity index (χ0) is 5.98. The standard InChI is InChI=1S/C6H10N2/c1-7-6-3-4-8(2)5-6/h6H,3-5H2,2H3. The van der Waals surface area contributed by atoms with Gasteiger partial charge in [-0.1, -0.05) is 0 Å². The average molecular weight is 110 g/mol. The highest BCUT2D eigenvalue weighted by Crippen LogP contribution is 2.08. The minimum absolute atomic E-state index is 0.292. The van der Waals surface area contributed by atoms with Crippen LogP contribution < -0.4 is 0 Å². The number of likely N-dealkylation sites (tertiary alicyclic amines) is 1. The molecular formula is C6H10N2. The molecule has 0 aromatic carbocycles. The van der Waals surface area contributed by atoms with Crippen molar-refractivity contribution < 1.29 is 0 Å². The van der Waals surface area contributed by atoms with Crippen LogP contribution in [-0.2, 0) is 0 Å². The molecule has 0 aromatic rings. The summed E-state index contributed by atoms with van der Waals surface area (Å²) in [6.07, 6.45) is 1.07. The minimum Gasteiger partial charge on any atom is -0.312 e. The highest BCUT2D eigenvalue weighted by atomic mass is 15.1. The summed E-state index contributed by atoms with van der Waals surface area (Å²) in [5, 5.41) is 0. The number of nitrogens with zero attached hydrogens (tertiary/aromatic N) is 2. The lowest BCUT2D eigenvalue weighted by atomic mass is 10.3. The van der Waals surface area contributed by atoms with Crippen LogP contribution in [0.1, 0.15) is 6.42 Å². The molecule has 1 saturated heterocycles. The molecule has 0 amide bonds. The second kappa shape index (κ2) is 2.15. The fraction of sp³-hybridized carbons (Fsp3) is 0.833. The van der Waals surface area contributed by atoms with Crippen molar-refractivity contribution in [2.75, 3.05) is 20.1 Å². The van der Waals surface area contributed by atoms with Crippen molar-refractivity contribution in [2.45, 2.75) is 12.5 Å². The summed E-state index contributed by atoms with van der Waals surface area (Å²) < 4.78 is 0. The molecule has 44 valence electrons. The minimum atomic E-state index is 0.292. The molecule has 2 heteroatoms. The normalized spacial score (nSPS) is 30.2. The van der Waals surface area contributed by atoms with Crippen molar-refractivity contribution >= 4 is 0 Å². The van der Waals surface area contributed by atoms with Crippen LogP contribution in [0.25, 0.3) is 4.85 Å². The predicted molar refractivity (Wildman–Crippen MR) is 32.5 cm³/mol. The first kappa shape index (κ1) is 5.58. The van der Waals surface area contributed by atoms with Gasteiger partial charge in [0, 0.05) is 13.0 Å². The van der Waals surface area contributed by atoms with E-state index in [9.17, 15) is 0 Å². The molecule has 1 fully saturated rings. The Hall–Kier alpha value is -0.550. The Labute approximate surface area is 49.9 Å². The maximum absolute atomic E-state index is 6.69. The molecule has 0 saturated carbocycles. The molecule has 1 unspecified atom stereocenters. The van der Waals surface area contributed by atoms with E-state index in [0.717, 1.165) is 19.5 Å².